The summed E-state index contributed by atoms with van der Waals surface area (Å²) in [7, 11) is 1.69. The zero-order valence-corrected chi connectivity index (χ0v) is 17.0. The number of likely N-dealkylation sites (tertiary alicyclic amines) is 1. The molecule has 0 aliphatic carbocycles. The molecule has 0 bridgehead atoms. The first kappa shape index (κ1) is 19.5. The van der Waals surface area contributed by atoms with E-state index in [-0.39, 0.29) is 16.7 Å². The fourth-order valence-electron chi connectivity index (χ4n) is 4.34. The molecule has 1 atom stereocenters. The van der Waals surface area contributed by atoms with Gasteiger partial charge < -0.3 is 14.6 Å². The van der Waals surface area contributed by atoms with E-state index in [1.54, 1.807) is 19.2 Å². The Kier molecular flexibility index (Phi) is 5.28. The van der Waals surface area contributed by atoms with Gasteiger partial charge in [-0.15, -0.1) is 0 Å². The summed E-state index contributed by atoms with van der Waals surface area (Å²) in [6.07, 6.45) is 1.84. The second-order valence-corrected chi connectivity index (χ2v) is 8.10. The lowest BCUT2D eigenvalue weighted by Gasteiger charge is -2.26. The lowest BCUT2D eigenvalue weighted by Crippen LogP contribution is -2.36. The number of H-pyrrole nitrogens is 1. The Balaban J connectivity index is 1.42. The fraction of sp³-hybridized carbons (Fsp3) is 0.391. The topological polar surface area (TPSA) is 67.3 Å². The van der Waals surface area contributed by atoms with Gasteiger partial charge in [0, 0.05) is 18.5 Å². The van der Waals surface area contributed by atoms with Crippen LogP contribution in [0, 0.1) is 0 Å². The molecule has 1 fully saturated rings. The number of benzene rings is 2. The summed E-state index contributed by atoms with van der Waals surface area (Å²) in [5.41, 5.74) is 1.42. The van der Waals surface area contributed by atoms with Crippen molar-refractivity contribution in [2.75, 3.05) is 26.7 Å². The second kappa shape index (κ2) is 7.87. The minimum atomic E-state index is -0.337. The average Bonchev–Trinajstić information content (AvgIpc) is 3.13. The minimum Gasteiger partial charge on any atom is -0.497 e. The van der Waals surface area contributed by atoms with Crippen LogP contribution in [-0.4, -0.2) is 41.2 Å². The third kappa shape index (κ3) is 3.85. The van der Waals surface area contributed by atoms with E-state index in [1.807, 2.05) is 24.3 Å². The maximum Gasteiger partial charge on any atom is 0.328 e. The smallest absolute Gasteiger partial charge is 0.328 e. The number of aromatic amines is 1. The highest BCUT2D eigenvalue weighted by molar-refractivity contribution is 5.76. The predicted octanol–water partition coefficient (Wildman–Crippen LogP) is 2.75. The summed E-state index contributed by atoms with van der Waals surface area (Å²) in [6.45, 7) is 5.55. The third-order valence-electron chi connectivity index (χ3n) is 6.06. The minimum absolute atomic E-state index is 0.0891. The van der Waals surface area contributed by atoms with Gasteiger partial charge in [-0.05, 0) is 55.8 Å². The van der Waals surface area contributed by atoms with Crippen LogP contribution in [0.5, 0.6) is 5.75 Å². The van der Waals surface area contributed by atoms with Gasteiger partial charge >= 0.3 is 5.69 Å². The molecule has 1 unspecified atom stereocenters. The zero-order valence-electron chi connectivity index (χ0n) is 17.0. The highest BCUT2D eigenvalue weighted by atomic mass is 16.5. The Morgan fingerprint density at radius 1 is 1.10 bits per heavy atom. The van der Waals surface area contributed by atoms with Crippen LogP contribution in [0.25, 0.3) is 10.9 Å². The van der Waals surface area contributed by atoms with Crippen molar-refractivity contribution in [1.29, 1.82) is 0 Å². The SMILES string of the molecule is COc1cccc(C2(C)CCN(CCCn3c(=O)[nH]c4ccccc4c3=O)C2)c1. The Morgan fingerprint density at radius 3 is 2.76 bits per heavy atom. The molecule has 6 nitrogen and oxygen atoms in total. The van der Waals surface area contributed by atoms with Gasteiger partial charge in [0.25, 0.3) is 5.56 Å². The van der Waals surface area contributed by atoms with Crippen LogP contribution in [0.2, 0.25) is 0 Å². The first-order valence-corrected chi connectivity index (χ1v) is 10.1. The van der Waals surface area contributed by atoms with E-state index in [0.29, 0.717) is 17.4 Å². The van der Waals surface area contributed by atoms with Gasteiger partial charge in [0.1, 0.15) is 5.75 Å². The summed E-state index contributed by atoms with van der Waals surface area (Å²) in [4.78, 5) is 30.2. The summed E-state index contributed by atoms with van der Waals surface area (Å²) in [5, 5.41) is 0.555. The molecular weight excluding hydrogens is 366 g/mol. The van der Waals surface area contributed by atoms with E-state index in [9.17, 15) is 9.59 Å². The monoisotopic (exact) mass is 393 g/mol. The molecule has 1 aliphatic rings. The molecule has 1 aliphatic heterocycles. The summed E-state index contributed by atoms with van der Waals surface area (Å²) in [5.74, 6) is 0.886. The highest BCUT2D eigenvalue weighted by Gasteiger charge is 2.35. The van der Waals surface area contributed by atoms with Crippen LogP contribution >= 0.6 is 0 Å². The lowest BCUT2D eigenvalue weighted by atomic mass is 9.82. The Hall–Kier alpha value is -2.86. The number of para-hydroxylation sites is 1. The molecule has 4 rings (SSSR count). The molecule has 6 heteroatoms. The quantitative estimate of drug-likeness (QED) is 0.699. The average molecular weight is 393 g/mol. The number of nitrogens with one attached hydrogen (secondary N) is 1. The Morgan fingerprint density at radius 2 is 1.93 bits per heavy atom. The van der Waals surface area contributed by atoms with Crippen LogP contribution in [0.3, 0.4) is 0 Å². The van der Waals surface area contributed by atoms with Crippen LogP contribution in [0.15, 0.2) is 58.1 Å². The molecule has 1 saturated heterocycles. The molecule has 0 saturated carbocycles. The molecule has 0 radical (unpaired) electrons. The van der Waals surface area contributed by atoms with Crippen molar-refractivity contribution in [2.24, 2.45) is 0 Å². The van der Waals surface area contributed by atoms with E-state index in [1.165, 1.54) is 10.1 Å². The standard InChI is InChI=1S/C23H27N3O3/c1-23(17-7-5-8-18(15-17)29-2)11-14-25(16-23)12-6-13-26-21(27)19-9-3-4-10-20(19)24-22(26)28/h3-5,7-10,15H,6,11-14,16H2,1-2H3,(H,24,28). The lowest BCUT2D eigenvalue weighted by molar-refractivity contribution is 0.303. The summed E-state index contributed by atoms with van der Waals surface area (Å²) < 4.78 is 6.69. The normalized spacial score (nSPS) is 19.7. The van der Waals surface area contributed by atoms with Gasteiger partial charge in [0.05, 0.1) is 18.0 Å². The van der Waals surface area contributed by atoms with Crippen molar-refractivity contribution >= 4 is 10.9 Å². The zero-order chi connectivity index (χ0) is 20.4. The van der Waals surface area contributed by atoms with Gasteiger partial charge in [0.15, 0.2) is 0 Å². The van der Waals surface area contributed by atoms with Gasteiger partial charge in [-0.2, -0.15) is 0 Å². The van der Waals surface area contributed by atoms with Crippen LogP contribution in [0.4, 0.5) is 0 Å². The van der Waals surface area contributed by atoms with Crippen molar-refractivity contribution < 1.29 is 4.74 Å². The maximum atomic E-state index is 12.6. The summed E-state index contributed by atoms with van der Waals surface area (Å²) >= 11 is 0. The Bertz CT molecular complexity index is 1130. The number of rotatable bonds is 6. The first-order chi connectivity index (χ1) is 14.0. The van der Waals surface area contributed by atoms with Crippen LogP contribution in [-0.2, 0) is 12.0 Å². The van der Waals surface area contributed by atoms with Crippen molar-refractivity contribution in [3.8, 4) is 5.75 Å². The molecule has 3 aromatic rings. The van der Waals surface area contributed by atoms with E-state index in [4.69, 9.17) is 4.74 Å². The van der Waals surface area contributed by atoms with E-state index >= 15 is 0 Å². The molecule has 2 heterocycles. The molecule has 1 N–H and O–H groups in total. The molecule has 0 amide bonds. The molecule has 29 heavy (non-hydrogen) atoms. The molecular formula is C23H27N3O3. The van der Waals surface area contributed by atoms with Crippen molar-refractivity contribution in [3.05, 3.63) is 74.9 Å². The maximum absolute atomic E-state index is 12.6. The highest BCUT2D eigenvalue weighted by Crippen LogP contribution is 2.35. The van der Waals surface area contributed by atoms with Crippen molar-refractivity contribution in [2.45, 2.75) is 31.7 Å². The second-order valence-electron chi connectivity index (χ2n) is 8.10. The van der Waals surface area contributed by atoms with Crippen molar-refractivity contribution in [3.63, 3.8) is 0 Å². The predicted molar refractivity (Wildman–Crippen MR) is 115 cm³/mol. The van der Waals surface area contributed by atoms with E-state index in [2.05, 4.69) is 28.9 Å². The third-order valence-corrected chi connectivity index (χ3v) is 6.06. The molecule has 1 aromatic heterocycles. The van der Waals surface area contributed by atoms with Gasteiger partial charge in [-0.1, -0.05) is 31.2 Å². The largest absolute Gasteiger partial charge is 0.497 e. The number of ether oxygens (including phenoxy) is 1. The van der Waals surface area contributed by atoms with E-state index in [0.717, 1.165) is 38.2 Å². The molecule has 152 valence electrons. The number of nitrogens with zero attached hydrogens (tertiary/aromatic N) is 2. The number of hydrogen-bond acceptors (Lipinski definition) is 4. The van der Waals surface area contributed by atoms with Crippen LogP contribution in [0.1, 0.15) is 25.3 Å². The van der Waals surface area contributed by atoms with Crippen LogP contribution < -0.4 is 16.0 Å². The first-order valence-electron chi connectivity index (χ1n) is 10.1. The van der Waals surface area contributed by atoms with Gasteiger partial charge in [-0.3, -0.25) is 9.36 Å². The van der Waals surface area contributed by atoms with E-state index < -0.39 is 0 Å². The van der Waals surface area contributed by atoms with Gasteiger partial charge in [0.2, 0.25) is 0 Å². The Labute approximate surface area is 169 Å². The number of methoxy groups -OCH3 is 1. The van der Waals surface area contributed by atoms with Gasteiger partial charge in [-0.25, -0.2) is 4.79 Å². The molecule has 2 aromatic carbocycles. The number of aromatic nitrogens is 2. The summed E-state index contributed by atoms with van der Waals surface area (Å²) in [6, 6.07) is 15.4. The molecule has 0 spiro atoms. The number of hydrogen-bond donors (Lipinski definition) is 1. The van der Waals surface area contributed by atoms with Crippen molar-refractivity contribution in [1.82, 2.24) is 14.5 Å². The fourth-order valence-corrected chi connectivity index (χ4v) is 4.34. The number of fused-ring (bicyclic) bond motifs is 1.